The Bertz CT molecular complexity index is 828. The molecule has 9 heteroatoms. The monoisotopic (exact) mass is 403 g/mol. The van der Waals surface area contributed by atoms with Crippen molar-refractivity contribution in [3.05, 3.63) is 40.3 Å². The molecule has 2 aliphatic rings. The fourth-order valence-electron chi connectivity index (χ4n) is 2.91. The van der Waals surface area contributed by atoms with Crippen molar-refractivity contribution in [3.8, 4) is 0 Å². The summed E-state index contributed by atoms with van der Waals surface area (Å²) in [5.74, 6) is -1.15. The van der Waals surface area contributed by atoms with Crippen molar-refractivity contribution in [2.24, 2.45) is 0 Å². The molecular weight excluding hydrogens is 382 g/mol. The standard InChI is InChI=1S/C19H21N3O5S/c1-20-7-9-21(10-8-20)16(23)12-22-17(24)15(28-19(22)26)11-13-3-5-14(6-4-13)18(25)27-2/h3-6,11H,7-10,12H2,1-2H3. The molecule has 2 fully saturated rings. The first-order valence-electron chi connectivity index (χ1n) is 8.79. The molecule has 0 aliphatic carbocycles. The van der Waals surface area contributed by atoms with Gasteiger partial charge in [-0.05, 0) is 42.6 Å². The summed E-state index contributed by atoms with van der Waals surface area (Å²) in [5, 5.41) is -0.454. The van der Waals surface area contributed by atoms with Gasteiger partial charge in [0.05, 0.1) is 17.6 Å². The second-order valence-electron chi connectivity index (χ2n) is 6.57. The molecule has 0 atom stereocenters. The van der Waals surface area contributed by atoms with E-state index in [1.807, 2.05) is 7.05 Å². The molecule has 0 radical (unpaired) electrons. The third-order valence-electron chi connectivity index (χ3n) is 4.65. The molecule has 0 bridgehead atoms. The van der Waals surface area contributed by atoms with Crippen LogP contribution in [0, 0.1) is 0 Å². The summed E-state index contributed by atoms with van der Waals surface area (Å²) < 4.78 is 4.65. The summed E-state index contributed by atoms with van der Waals surface area (Å²) in [4.78, 5) is 53.7. The van der Waals surface area contributed by atoms with E-state index in [0.717, 1.165) is 29.8 Å². The molecule has 1 aromatic carbocycles. The first-order valence-corrected chi connectivity index (χ1v) is 9.61. The number of amides is 3. The van der Waals surface area contributed by atoms with E-state index in [0.29, 0.717) is 24.2 Å². The maximum atomic E-state index is 12.6. The molecule has 3 amide bonds. The molecule has 2 aliphatic heterocycles. The summed E-state index contributed by atoms with van der Waals surface area (Å²) in [6.07, 6.45) is 1.58. The Balaban J connectivity index is 1.66. The van der Waals surface area contributed by atoms with Crippen molar-refractivity contribution < 1.29 is 23.9 Å². The fraction of sp³-hybridized carbons (Fsp3) is 0.368. The van der Waals surface area contributed by atoms with Gasteiger partial charge in [-0.2, -0.15) is 0 Å². The number of imide groups is 1. The number of hydrogen-bond donors (Lipinski definition) is 0. The van der Waals surface area contributed by atoms with E-state index < -0.39 is 17.1 Å². The summed E-state index contributed by atoms with van der Waals surface area (Å²) in [7, 11) is 3.29. The Morgan fingerprint density at radius 2 is 1.75 bits per heavy atom. The molecule has 2 saturated heterocycles. The predicted molar refractivity (Wildman–Crippen MR) is 105 cm³/mol. The lowest BCUT2D eigenvalue weighted by atomic mass is 10.1. The van der Waals surface area contributed by atoms with Crippen molar-refractivity contribution >= 4 is 40.9 Å². The molecule has 0 spiro atoms. The van der Waals surface area contributed by atoms with Crippen LogP contribution in [0.5, 0.6) is 0 Å². The van der Waals surface area contributed by atoms with E-state index in [9.17, 15) is 19.2 Å². The minimum absolute atomic E-state index is 0.223. The van der Waals surface area contributed by atoms with Gasteiger partial charge in [0.2, 0.25) is 5.91 Å². The zero-order valence-corrected chi connectivity index (χ0v) is 16.5. The largest absolute Gasteiger partial charge is 0.465 e. The lowest BCUT2D eigenvalue weighted by Crippen LogP contribution is -2.50. The third kappa shape index (κ3) is 4.42. The maximum Gasteiger partial charge on any atom is 0.337 e. The number of piperazine rings is 1. The normalized spacial score (nSPS) is 19.4. The van der Waals surface area contributed by atoms with E-state index >= 15 is 0 Å². The van der Waals surface area contributed by atoms with Crippen LogP contribution in [0.25, 0.3) is 6.08 Å². The first kappa shape index (κ1) is 20.1. The van der Waals surface area contributed by atoms with E-state index in [4.69, 9.17) is 0 Å². The van der Waals surface area contributed by atoms with Crippen LogP contribution in [0.4, 0.5) is 4.79 Å². The summed E-state index contributed by atoms with van der Waals surface area (Å²) in [6, 6.07) is 6.49. The van der Waals surface area contributed by atoms with Gasteiger partial charge in [0.1, 0.15) is 6.54 Å². The molecule has 0 saturated carbocycles. The van der Waals surface area contributed by atoms with Crippen LogP contribution in [-0.4, -0.2) is 84.6 Å². The fourth-order valence-corrected chi connectivity index (χ4v) is 3.75. The second-order valence-corrected chi connectivity index (χ2v) is 7.56. The Labute approximate surface area is 167 Å². The molecule has 28 heavy (non-hydrogen) atoms. The number of likely N-dealkylation sites (N-methyl/N-ethyl adjacent to an activating group) is 1. The highest BCUT2D eigenvalue weighted by Gasteiger charge is 2.37. The molecule has 0 aromatic heterocycles. The summed E-state index contributed by atoms with van der Waals surface area (Å²) in [5.41, 5.74) is 1.06. The van der Waals surface area contributed by atoms with Crippen molar-refractivity contribution in [3.63, 3.8) is 0 Å². The number of carbonyl (C=O) groups is 4. The quantitative estimate of drug-likeness (QED) is 0.553. The average molecular weight is 403 g/mol. The summed E-state index contributed by atoms with van der Waals surface area (Å²) in [6.45, 7) is 2.49. The Kier molecular flexibility index (Phi) is 6.15. The number of thioether (sulfide) groups is 1. The molecule has 3 rings (SSSR count). The Morgan fingerprint density at radius 3 is 2.36 bits per heavy atom. The number of nitrogens with zero attached hydrogens (tertiary/aromatic N) is 3. The molecule has 0 N–H and O–H groups in total. The van der Waals surface area contributed by atoms with Crippen LogP contribution in [0.15, 0.2) is 29.2 Å². The predicted octanol–water partition coefficient (Wildman–Crippen LogP) is 1.28. The lowest BCUT2D eigenvalue weighted by Gasteiger charge is -2.33. The maximum absolute atomic E-state index is 12.6. The Hall–Kier alpha value is -2.65. The van der Waals surface area contributed by atoms with Gasteiger partial charge in [-0.15, -0.1) is 0 Å². The molecule has 1 aromatic rings. The van der Waals surface area contributed by atoms with Crippen molar-refractivity contribution in [1.82, 2.24) is 14.7 Å². The van der Waals surface area contributed by atoms with Crippen LogP contribution in [-0.2, 0) is 14.3 Å². The average Bonchev–Trinajstić information content (AvgIpc) is 2.95. The number of methoxy groups -OCH3 is 1. The smallest absolute Gasteiger partial charge is 0.337 e. The first-order chi connectivity index (χ1) is 13.4. The van der Waals surface area contributed by atoms with E-state index in [1.54, 1.807) is 35.2 Å². The van der Waals surface area contributed by atoms with Crippen LogP contribution in [0.2, 0.25) is 0 Å². The highest BCUT2D eigenvalue weighted by atomic mass is 32.2. The molecule has 0 unspecified atom stereocenters. The highest BCUT2D eigenvalue weighted by molar-refractivity contribution is 8.18. The minimum atomic E-state index is -0.477. The number of esters is 1. The molecule has 2 heterocycles. The number of rotatable bonds is 4. The number of ether oxygens (including phenoxy) is 1. The van der Waals surface area contributed by atoms with Crippen LogP contribution in [0.3, 0.4) is 0 Å². The summed E-state index contributed by atoms with van der Waals surface area (Å²) >= 11 is 0.809. The SMILES string of the molecule is COC(=O)c1ccc(C=C2SC(=O)N(CC(=O)N3CCN(C)CC3)C2=O)cc1. The van der Waals surface area contributed by atoms with Gasteiger partial charge in [0.15, 0.2) is 0 Å². The van der Waals surface area contributed by atoms with Crippen LogP contribution >= 0.6 is 11.8 Å². The molecule has 148 valence electrons. The van der Waals surface area contributed by atoms with Gasteiger partial charge in [-0.25, -0.2) is 4.79 Å². The van der Waals surface area contributed by atoms with Crippen molar-refractivity contribution in [2.45, 2.75) is 0 Å². The number of benzene rings is 1. The Morgan fingerprint density at radius 1 is 1.11 bits per heavy atom. The van der Waals surface area contributed by atoms with E-state index in [2.05, 4.69) is 9.64 Å². The van der Waals surface area contributed by atoms with E-state index in [1.165, 1.54) is 7.11 Å². The van der Waals surface area contributed by atoms with Gasteiger partial charge in [-0.1, -0.05) is 12.1 Å². The molecule has 8 nitrogen and oxygen atoms in total. The lowest BCUT2D eigenvalue weighted by molar-refractivity contribution is -0.137. The zero-order chi connectivity index (χ0) is 20.3. The van der Waals surface area contributed by atoms with Gasteiger partial charge in [0, 0.05) is 26.2 Å². The number of hydrogen-bond acceptors (Lipinski definition) is 7. The van der Waals surface area contributed by atoms with Crippen LogP contribution < -0.4 is 0 Å². The topological polar surface area (TPSA) is 87.2 Å². The van der Waals surface area contributed by atoms with Crippen molar-refractivity contribution in [1.29, 1.82) is 0 Å². The van der Waals surface area contributed by atoms with Crippen LogP contribution in [0.1, 0.15) is 15.9 Å². The third-order valence-corrected chi connectivity index (χ3v) is 5.56. The van der Waals surface area contributed by atoms with Gasteiger partial charge < -0.3 is 14.5 Å². The van der Waals surface area contributed by atoms with Gasteiger partial charge in [0.25, 0.3) is 11.1 Å². The number of carbonyl (C=O) groups excluding carboxylic acids is 4. The van der Waals surface area contributed by atoms with Crippen molar-refractivity contribution in [2.75, 3.05) is 46.9 Å². The zero-order valence-electron chi connectivity index (χ0n) is 15.7. The van der Waals surface area contributed by atoms with E-state index in [-0.39, 0.29) is 17.4 Å². The second kappa shape index (κ2) is 8.57. The molecular formula is C19H21N3O5S. The van der Waals surface area contributed by atoms with Gasteiger partial charge in [-0.3, -0.25) is 19.3 Å². The highest BCUT2D eigenvalue weighted by Crippen LogP contribution is 2.32. The van der Waals surface area contributed by atoms with Gasteiger partial charge >= 0.3 is 5.97 Å². The minimum Gasteiger partial charge on any atom is -0.465 e.